The average molecular weight is 321 g/mol. The van der Waals surface area contributed by atoms with E-state index in [1.165, 1.54) is 16.4 Å². The number of sulfonamides is 1. The molecule has 0 aliphatic carbocycles. The second-order valence-electron chi connectivity index (χ2n) is 4.67. The number of anilines is 1. The molecule has 1 aliphatic heterocycles. The lowest BCUT2D eigenvalue weighted by Gasteiger charge is -2.33. The second kappa shape index (κ2) is 5.87. The summed E-state index contributed by atoms with van der Waals surface area (Å²) in [6.45, 7) is 2.09. The molecule has 8 heteroatoms. The molecule has 0 bridgehead atoms. The zero-order valence-corrected chi connectivity index (χ0v) is 12.6. The predicted octanol–water partition coefficient (Wildman–Crippen LogP) is 0.612. The van der Waals surface area contributed by atoms with Gasteiger partial charge in [-0.05, 0) is 24.6 Å². The summed E-state index contributed by atoms with van der Waals surface area (Å²) >= 11 is 5.95. The van der Waals surface area contributed by atoms with Crippen LogP contribution in [0.15, 0.2) is 17.0 Å². The van der Waals surface area contributed by atoms with Crippen LogP contribution in [0, 0.1) is 6.92 Å². The van der Waals surface area contributed by atoms with Crippen molar-refractivity contribution in [2.75, 3.05) is 32.1 Å². The zero-order chi connectivity index (χ0) is 14.9. The average Bonchev–Trinajstić information content (AvgIpc) is 2.44. The Bertz CT molecular complexity index is 582. The number of hydrogen-bond donors (Lipinski definition) is 2. The van der Waals surface area contributed by atoms with Gasteiger partial charge in [-0.2, -0.15) is 4.31 Å². The summed E-state index contributed by atoms with van der Waals surface area (Å²) in [5, 5.41) is 9.64. The fraction of sp³-hybridized carbons (Fsp3) is 0.500. The molecule has 0 aromatic heterocycles. The molecule has 0 amide bonds. The van der Waals surface area contributed by atoms with Crippen molar-refractivity contribution in [2.45, 2.75) is 17.9 Å². The van der Waals surface area contributed by atoms with Gasteiger partial charge in [0.05, 0.1) is 41.5 Å². The summed E-state index contributed by atoms with van der Waals surface area (Å²) in [6.07, 6.45) is 0. The minimum Gasteiger partial charge on any atom is -0.397 e. The first-order chi connectivity index (χ1) is 9.37. The number of morpholine rings is 1. The molecule has 6 nitrogen and oxygen atoms in total. The van der Waals surface area contributed by atoms with Crippen LogP contribution >= 0.6 is 11.6 Å². The fourth-order valence-corrected chi connectivity index (χ4v) is 3.96. The van der Waals surface area contributed by atoms with Gasteiger partial charge in [0.25, 0.3) is 0 Å². The molecular weight excluding hydrogens is 304 g/mol. The molecule has 1 heterocycles. The number of benzene rings is 1. The quantitative estimate of drug-likeness (QED) is 0.796. The summed E-state index contributed by atoms with van der Waals surface area (Å²) in [5.41, 5.74) is 6.54. The normalized spacial score (nSPS) is 21.1. The lowest BCUT2D eigenvalue weighted by atomic mass is 10.2. The van der Waals surface area contributed by atoms with Crippen molar-refractivity contribution in [2.24, 2.45) is 0 Å². The van der Waals surface area contributed by atoms with Crippen LogP contribution in [0.3, 0.4) is 0 Å². The molecule has 112 valence electrons. The maximum absolute atomic E-state index is 12.6. The second-order valence-corrected chi connectivity index (χ2v) is 6.94. The Hall–Kier alpha value is -0.860. The number of nitrogens with two attached hydrogens (primary N) is 1. The van der Waals surface area contributed by atoms with Crippen LogP contribution in [0.1, 0.15) is 5.56 Å². The number of nitrogens with zero attached hydrogens (tertiary/aromatic N) is 1. The lowest BCUT2D eigenvalue weighted by Crippen LogP contribution is -2.50. The van der Waals surface area contributed by atoms with Gasteiger partial charge in [0.1, 0.15) is 0 Å². The number of nitrogen functional groups attached to an aromatic ring is 1. The molecule has 1 unspecified atom stereocenters. The minimum atomic E-state index is -3.73. The zero-order valence-electron chi connectivity index (χ0n) is 11.0. The topological polar surface area (TPSA) is 92.9 Å². The van der Waals surface area contributed by atoms with Crippen LogP contribution in [0.5, 0.6) is 0 Å². The van der Waals surface area contributed by atoms with E-state index < -0.39 is 16.1 Å². The van der Waals surface area contributed by atoms with Crippen LogP contribution in [0.2, 0.25) is 5.02 Å². The molecular formula is C12H17ClN2O4S. The highest BCUT2D eigenvalue weighted by molar-refractivity contribution is 7.89. The SMILES string of the molecule is Cc1cc(S(=O)(=O)N2CCOCC2CO)cc(N)c1Cl. The molecule has 1 aliphatic rings. The third-order valence-corrected chi connectivity index (χ3v) is 5.69. The Morgan fingerprint density at radius 1 is 1.55 bits per heavy atom. The van der Waals surface area contributed by atoms with E-state index in [0.29, 0.717) is 17.2 Å². The van der Waals surface area contributed by atoms with Crippen LogP contribution in [0.4, 0.5) is 5.69 Å². The number of hydrogen-bond acceptors (Lipinski definition) is 5. The molecule has 3 N–H and O–H groups in total. The van der Waals surface area contributed by atoms with Crippen molar-refractivity contribution >= 4 is 27.3 Å². The monoisotopic (exact) mass is 320 g/mol. The van der Waals surface area contributed by atoms with E-state index >= 15 is 0 Å². The molecule has 20 heavy (non-hydrogen) atoms. The Labute approximate surface area is 123 Å². The van der Waals surface area contributed by atoms with Gasteiger partial charge in [-0.25, -0.2) is 8.42 Å². The third-order valence-electron chi connectivity index (χ3n) is 3.25. The van der Waals surface area contributed by atoms with Gasteiger partial charge in [0.2, 0.25) is 10.0 Å². The molecule has 0 radical (unpaired) electrons. The van der Waals surface area contributed by atoms with Crippen LogP contribution in [-0.4, -0.2) is 50.2 Å². The summed E-state index contributed by atoms with van der Waals surface area (Å²) in [5.74, 6) is 0. The first-order valence-corrected chi connectivity index (χ1v) is 7.95. The minimum absolute atomic E-state index is 0.0808. The van der Waals surface area contributed by atoms with E-state index in [9.17, 15) is 13.5 Å². The molecule has 0 spiro atoms. The van der Waals surface area contributed by atoms with Gasteiger partial charge in [0.15, 0.2) is 0 Å². The first-order valence-electron chi connectivity index (χ1n) is 6.14. The molecule has 1 aromatic rings. The van der Waals surface area contributed by atoms with Gasteiger partial charge in [0, 0.05) is 6.54 Å². The number of ether oxygens (including phenoxy) is 1. The highest BCUT2D eigenvalue weighted by atomic mass is 35.5. The predicted molar refractivity (Wildman–Crippen MR) is 76.2 cm³/mol. The van der Waals surface area contributed by atoms with Crippen molar-refractivity contribution in [1.82, 2.24) is 4.31 Å². The Balaban J connectivity index is 2.44. The molecule has 1 saturated heterocycles. The molecule has 1 atom stereocenters. The van der Waals surface area contributed by atoms with E-state index in [1.807, 2.05) is 0 Å². The van der Waals surface area contributed by atoms with Crippen LogP contribution in [0.25, 0.3) is 0 Å². The summed E-state index contributed by atoms with van der Waals surface area (Å²) in [6, 6.07) is 2.25. The number of halogens is 1. The highest BCUT2D eigenvalue weighted by Gasteiger charge is 2.34. The molecule has 1 fully saturated rings. The Morgan fingerprint density at radius 2 is 2.25 bits per heavy atom. The van der Waals surface area contributed by atoms with Gasteiger partial charge in [-0.15, -0.1) is 0 Å². The summed E-state index contributed by atoms with van der Waals surface area (Å²) < 4.78 is 31.7. The summed E-state index contributed by atoms with van der Waals surface area (Å²) in [7, 11) is -3.73. The maximum Gasteiger partial charge on any atom is 0.243 e. The van der Waals surface area contributed by atoms with E-state index in [1.54, 1.807) is 6.92 Å². The number of aliphatic hydroxyl groups excluding tert-OH is 1. The highest BCUT2D eigenvalue weighted by Crippen LogP contribution is 2.29. The van der Waals surface area contributed by atoms with Crippen molar-refractivity contribution in [3.63, 3.8) is 0 Å². The van der Waals surface area contributed by atoms with Gasteiger partial charge >= 0.3 is 0 Å². The Kier molecular flexibility index (Phi) is 4.55. The fourth-order valence-electron chi connectivity index (χ4n) is 2.15. The molecule has 2 rings (SSSR count). The first kappa shape index (κ1) is 15.5. The van der Waals surface area contributed by atoms with Gasteiger partial charge < -0.3 is 15.6 Å². The number of aryl methyl sites for hydroxylation is 1. The van der Waals surface area contributed by atoms with Gasteiger partial charge in [-0.1, -0.05) is 11.6 Å². The number of rotatable bonds is 3. The van der Waals surface area contributed by atoms with Crippen molar-refractivity contribution in [3.05, 3.63) is 22.7 Å². The van der Waals surface area contributed by atoms with Crippen LogP contribution in [-0.2, 0) is 14.8 Å². The van der Waals surface area contributed by atoms with E-state index in [2.05, 4.69) is 0 Å². The van der Waals surface area contributed by atoms with E-state index in [0.717, 1.165) is 0 Å². The number of aliphatic hydroxyl groups is 1. The van der Waals surface area contributed by atoms with Gasteiger partial charge in [-0.3, -0.25) is 0 Å². The van der Waals surface area contributed by atoms with Crippen molar-refractivity contribution in [3.8, 4) is 0 Å². The van der Waals surface area contributed by atoms with Crippen molar-refractivity contribution in [1.29, 1.82) is 0 Å². The van der Waals surface area contributed by atoms with E-state index in [-0.39, 0.29) is 30.3 Å². The van der Waals surface area contributed by atoms with Crippen LogP contribution < -0.4 is 5.73 Å². The molecule has 1 aromatic carbocycles. The lowest BCUT2D eigenvalue weighted by molar-refractivity contribution is 0.0109. The van der Waals surface area contributed by atoms with Crippen molar-refractivity contribution < 1.29 is 18.3 Å². The smallest absolute Gasteiger partial charge is 0.243 e. The largest absolute Gasteiger partial charge is 0.397 e. The standard InChI is InChI=1S/C12H17ClN2O4S/c1-8-4-10(5-11(14)12(8)13)20(17,18)15-2-3-19-7-9(15)6-16/h4-5,9,16H,2-3,6-7,14H2,1H3. The van der Waals surface area contributed by atoms with E-state index in [4.69, 9.17) is 22.1 Å². The molecule has 0 saturated carbocycles. The Morgan fingerprint density at radius 3 is 2.85 bits per heavy atom. The maximum atomic E-state index is 12.6. The third kappa shape index (κ3) is 2.77. The summed E-state index contributed by atoms with van der Waals surface area (Å²) in [4.78, 5) is 0.0808.